The van der Waals surface area contributed by atoms with Crippen LogP contribution in [0.25, 0.3) is 11.4 Å². The molecule has 0 saturated heterocycles. The van der Waals surface area contributed by atoms with Crippen molar-refractivity contribution in [1.82, 2.24) is 9.55 Å². The number of ether oxygens (including phenoxy) is 1. The Morgan fingerprint density at radius 3 is 2.80 bits per heavy atom. The monoisotopic (exact) mass is 272 g/mol. The van der Waals surface area contributed by atoms with Crippen LogP contribution in [0.4, 0.5) is 0 Å². The fourth-order valence-corrected chi connectivity index (χ4v) is 2.72. The van der Waals surface area contributed by atoms with E-state index in [0.29, 0.717) is 6.42 Å². The summed E-state index contributed by atoms with van der Waals surface area (Å²) < 4.78 is 7.16. The molecule has 0 aliphatic carbocycles. The number of aromatic nitrogens is 2. The van der Waals surface area contributed by atoms with E-state index < -0.39 is 11.9 Å². The fraction of sp³-hybridized carbons (Fsp3) is 0.333. The predicted octanol–water partition coefficient (Wildman–Crippen LogP) is 2.52. The van der Waals surface area contributed by atoms with Crippen LogP contribution in [0.5, 0.6) is 5.75 Å². The predicted molar refractivity (Wildman–Crippen MR) is 73.8 cm³/mol. The number of carboxylic acids is 1. The van der Waals surface area contributed by atoms with E-state index in [4.69, 9.17) is 4.74 Å². The van der Waals surface area contributed by atoms with Crippen molar-refractivity contribution in [3.63, 3.8) is 0 Å². The molecule has 0 radical (unpaired) electrons. The van der Waals surface area contributed by atoms with Crippen molar-refractivity contribution in [3.8, 4) is 17.1 Å². The van der Waals surface area contributed by atoms with Crippen LogP contribution in [-0.4, -0.2) is 27.7 Å². The highest BCUT2D eigenvalue weighted by molar-refractivity contribution is 5.76. The molecular weight excluding hydrogens is 256 g/mol. The number of rotatable bonds is 3. The third-order valence-electron chi connectivity index (χ3n) is 3.76. The Bertz CT molecular complexity index is 631. The van der Waals surface area contributed by atoms with E-state index >= 15 is 0 Å². The first-order chi connectivity index (χ1) is 9.70. The van der Waals surface area contributed by atoms with Gasteiger partial charge in [-0.1, -0.05) is 0 Å². The van der Waals surface area contributed by atoms with Crippen molar-refractivity contribution in [2.45, 2.75) is 25.3 Å². The minimum Gasteiger partial charge on any atom is -0.497 e. The number of benzene rings is 1. The smallest absolute Gasteiger partial charge is 0.312 e. The fourth-order valence-electron chi connectivity index (χ4n) is 2.72. The van der Waals surface area contributed by atoms with E-state index in [1.165, 1.54) is 0 Å². The number of carboxylic acid groups (broad SMARTS) is 1. The minimum atomic E-state index is -0.771. The Kier molecular flexibility index (Phi) is 3.18. The van der Waals surface area contributed by atoms with Crippen LogP contribution in [0.1, 0.15) is 24.5 Å². The van der Waals surface area contributed by atoms with Gasteiger partial charge in [0.25, 0.3) is 0 Å². The molecule has 2 heterocycles. The maximum atomic E-state index is 11.3. The Labute approximate surface area is 116 Å². The Hall–Kier alpha value is -2.30. The molecule has 0 fully saturated rings. The largest absolute Gasteiger partial charge is 0.497 e. The first-order valence-corrected chi connectivity index (χ1v) is 6.63. The molecule has 0 spiro atoms. The molecule has 1 N–H and O–H groups in total. The van der Waals surface area contributed by atoms with Gasteiger partial charge in [0, 0.05) is 18.3 Å². The van der Waals surface area contributed by atoms with E-state index in [2.05, 4.69) is 4.98 Å². The lowest BCUT2D eigenvalue weighted by atomic mass is 9.96. The number of hydrogen-bond acceptors (Lipinski definition) is 3. The van der Waals surface area contributed by atoms with Crippen LogP contribution in [0.3, 0.4) is 0 Å². The first-order valence-electron chi connectivity index (χ1n) is 6.63. The van der Waals surface area contributed by atoms with Gasteiger partial charge < -0.3 is 14.4 Å². The number of fused-ring (bicyclic) bond motifs is 1. The van der Waals surface area contributed by atoms with E-state index in [1.807, 2.05) is 28.8 Å². The van der Waals surface area contributed by atoms with Gasteiger partial charge in [0.05, 0.1) is 18.7 Å². The Morgan fingerprint density at radius 2 is 2.15 bits per heavy atom. The highest BCUT2D eigenvalue weighted by Crippen LogP contribution is 2.32. The molecule has 5 heteroatoms. The zero-order valence-corrected chi connectivity index (χ0v) is 11.2. The molecular formula is C15H16N2O3. The van der Waals surface area contributed by atoms with Gasteiger partial charge in [-0.25, -0.2) is 4.98 Å². The van der Waals surface area contributed by atoms with Gasteiger partial charge in [-0.3, -0.25) is 4.79 Å². The first kappa shape index (κ1) is 12.7. The van der Waals surface area contributed by atoms with Crippen molar-refractivity contribution in [1.29, 1.82) is 0 Å². The molecule has 1 aromatic heterocycles. The quantitative estimate of drug-likeness (QED) is 0.932. The van der Waals surface area contributed by atoms with E-state index in [-0.39, 0.29) is 0 Å². The minimum absolute atomic E-state index is 0.441. The maximum Gasteiger partial charge on any atom is 0.312 e. The summed E-state index contributed by atoms with van der Waals surface area (Å²) in [6.07, 6.45) is 3.24. The van der Waals surface area contributed by atoms with Gasteiger partial charge in [0.1, 0.15) is 11.6 Å². The number of hydrogen-bond donors (Lipinski definition) is 1. The second-order valence-electron chi connectivity index (χ2n) is 4.92. The summed E-state index contributed by atoms with van der Waals surface area (Å²) in [6.45, 7) is 0.820. The Morgan fingerprint density at radius 1 is 1.40 bits per heavy atom. The number of methoxy groups -OCH3 is 1. The van der Waals surface area contributed by atoms with Crippen molar-refractivity contribution >= 4 is 5.97 Å². The van der Waals surface area contributed by atoms with Gasteiger partial charge in [-0.15, -0.1) is 0 Å². The van der Waals surface area contributed by atoms with Crippen LogP contribution < -0.4 is 4.74 Å². The number of nitrogens with zero attached hydrogens (tertiary/aromatic N) is 2. The van der Waals surface area contributed by atoms with Gasteiger partial charge in [-0.05, 0) is 37.1 Å². The lowest BCUT2D eigenvalue weighted by molar-refractivity contribution is -0.139. The number of carbonyl (C=O) groups is 1. The lowest BCUT2D eigenvalue weighted by Crippen LogP contribution is -2.21. The zero-order chi connectivity index (χ0) is 14.1. The standard InChI is InChI=1S/C15H16N2O3/c1-20-11-6-4-10(5-7-11)14-16-9-13-12(15(18)19)3-2-8-17(13)14/h4-7,9,12H,2-3,8H2,1H3,(H,18,19). The summed E-state index contributed by atoms with van der Waals surface area (Å²) in [5.41, 5.74) is 1.78. The number of aliphatic carboxylic acids is 1. The normalized spacial score (nSPS) is 17.6. The van der Waals surface area contributed by atoms with Crippen LogP contribution >= 0.6 is 0 Å². The SMILES string of the molecule is COc1ccc(-c2ncc3n2CCCC3C(=O)O)cc1. The van der Waals surface area contributed by atoms with Gasteiger partial charge in [-0.2, -0.15) is 0 Å². The van der Waals surface area contributed by atoms with Crippen molar-refractivity contribution in [3.05, 3.63) is 36.2 Å². The summed E-state index contributed by atoms with van der Waals surface area (Å²) in [5, 5.41) is 9.28. The third-order valence-corrected chi connectivity index (χ3v) is 3.76. The van der Waals surface area contributed by atoms with Crippen molar-refractivity contribution in [2.24, 2.45) is 0 Å². The average molecular weight is 272 g/mol. The number of imidazole rings is 1. The molecule has 5 nitrogen and oxygen atoms in total. The molecule has 1 aromatic carbocycles. The van der Waals surface area contributed by atoms with Crippen LogP contribution in [-0.2, 0) is 11.3 Å². The average Bonchev–Trinajstić information content (AvgIpc) is 2.91. The van der Waals surface area contributed by atoms with Crippen LogP contribution in [0, 0.1) is 0 Å². The molecule has 104 valence electrons. The summed E-state index contributed by atoms with van der Waals surface area (Å²) in [4.78, 5) is 15.7. The van der Waals surface area contributed by atoms with Crippen molar-refractivity contribution < 1.29 is 14.6 Å². The second-order valence-corrected chi connectivity index (χ2v) is 4.92. The van der Waals surface area contributed by atoms with E-state index in [1.54, 1.807) is 13.3 Å². The molecule has 0 amide bonds. The highest BCUT2D eigenvalue weighted by Gasteiger charge is 2.28. The van der Waals surface area contributed by atoms with Crippen molar-refractivity contribution in [2.75, 3.05) is 7.11 Å². The van der Waals surface area contributed by atoms with Gasteiger partial charge in [0.2, 0.25) is 0 Å². The van der Waals surface area contributed by atoms with E-state index in [9.17, 15) is 9.90 Å². The highest BCUT2D eigenvalue weighted by atomic mass is 16.5. The molecule has 1 aliphatic heterocycles. The summed E-state index contributed by atoms with van der Waals surface area (Å²) >= 11 is 0. The molecule has 0 saturated carbocycles. The van der Waals surface area contributed by atoms with Gasteiger partial charge >= 0.3 is 5.97 Å². The molecule has 2 aromatic rings. The second kappa shape index (κ2) is 5.00. The zero-order valence-electron chi connectivity index (χ0n) is 11.2. The molecule has 3 rings (SSSR count). The lowest BCUT2D eigenvalue weighted by Gasteiger charge is -2.22. The third kappa shape index (κ3) is 2.05. The molecule has 1 aliphatic rings. The Balaban J connectivity index is 2.01. The molecule has 0 bridgehead atoms. The molecule has 20 heavy (non-hydrogen) atoms. The van der Waals surface area contributed by atoms with Crippen LogP contribution in [0.2, 0.25) is 0 Å². The summed E-state index contributed by atoms with van der Waals surface area (Å²) in [7, 11) is 1.63. The summed E-state index contributed by atoms with van der Waals surface area (Å²) in [5.74, 6) is 0.409. The van der Waals surface area contributed by atoms with Gasteiger partial charge in [0.15, 0.2) is 0 Å². The topological polar surface area (TPSA) is 64.4 Å². The summed E-state index contributed by atoms with van der Waals surface area (Å²) in [6, 6.07) is 7.65. The van der Waals surface area contributed by atoms with Crippen LogP contribution in [0.15, 0.2) is 30.5 Å². The van der Waals surface area contributed by atoms with E-state index in [0.717, 1.165) is 35.8 Å². The maximum absolute atomic E-state index is 11.3. The molecule has 1 atom stereocenters. The molecule has 1 unspecified atom stereocenters.